The lowest BCUT2D eigenvalue weighted by Crippen LogP contribution is -2.40. The zero-order valence-electron chi connectivity index (χ0n) is 17.6. The number of benzene rings is 2. The number of rotatable bonds is 7. The summed E-state index contributed by atoms with van der Waals surface area (Å²) in [6.07, 6.45) is 1.17. The van der Waals surface area contributed by atoms with Crippen LogP contribution < -0.4 is 20.3 Å². The molecule has 1 aliphatic heterocycles. The van der Waals surface area contributed by atoms with Crippen molar-refractivity contribution in [2.75, 3.05) is 38.2 Å². The van der Waals surface area contributed by atoms with E-state index in [1.807, 2.05) is 12.1 Å². The van der Waals surface area contributed by atoms with Crippen LogP contribution in [0.4, 0.5) is 5.69 Å². The van der Waals surface area contributed by atoms with Gasteiger partial charge < -0.3 is 20.3 Å². The molecule has 29 heavy (non-hydrogen) atoms. The summed E-state index contributed by atoms with van der Waals surface area (Å²) in [5.74, 6) is 2.43. The molecule has 1 aliphatic rings. The fourth-order valence-corrected chi connectivity index (χ4v) is 3.67. The lowest BCUT2D eigenvalue weighted by Gasteiger charge is -2.21. The van der Waals surface area contributed by atoms with Crippen molar-refractivity contribution in [2.24, 2.45) is 10.9 Å². The van der Waals surface area contributed by atoms with Crippen LogP contribution in [-0.4, -0.2) is 39.2 Å². The van der Waals surface area contributed by atoms with Gasteiger partial charge in [0, 0.05) is 26.2 Å². The Morgan fingerprint density at radius 2 is 2.00 bits per heavy atom. The SMILES string of the molecule is CCNC(=NCc1cccc(C)c1)NCC1CCN(c2ccccc2OC)C1.I. The van der Waals surface area contributed by atoms with Gasteiger partial charge in [0.1, 0.15) is 5.75 Å². The number of para-hydroxylation sites is 2. The first-order chi connectivity index (χ1) is 13.7. The van der Waals surface area contributed by atoms with Crippen LogP contribution in [0.1, 0.15) is 24.5 Å². The number of nitrogens with one attached hydrogen (secondary N) is 2. The zero-order valence-corrected chi connectivity index (χ0v) is 20.0. The van der Waals surface area contributed by atoms with E-state index < -0.39 is 0 Å². The minimum Gasteiger partial charge on any atom is -0.495 e. The third-order valence-electron chi connectivity index (χ3n) is 5.12. The second-order valence-corrected chi connectivity index (χ2v) is 7.34. The van der Waals surface area contributed by atoms with E-state index in [0.717, 1.165) is 37.9 Å². The third-order valence-corrected chi connectivity index (χ3v) is 5.12. The molecular weight excluding hydrogens is 475 g/mol. The highest BCUT2D eigenvalue weighted by atomic mass is 127. The quantitative estimate of drug-likeness (QED) is 0.335. The number of hydrogen-bond acceptors (Lipinski definition) is 3. The molecule has 158 valence electrons. The number of guanidine groups is 1. The number of aliphatic imine (C=N–C) groups is 1. The molecule has 6 heteroatoms. The molecule has 0 amide bonds. The molecule has 2 aromatic carbocycles. The van der Waals surface area contributed by atoms with Crippen LogP contribution in [0.5, 0.6) is 5.75 Å². The number of methoxy groups -OCH3 is 1. The van der Waals surface area contributed by atoms with Gasteiger partial charge in [0.2, 0.25) is 0 Å². The first-order valence-corrected chi connectivity index (χ1v) is 10.1. The average molecular weight is 508 g/mol. The van der Waals surface area contributed by atoms with E-state index >= 15 is 0 Å². The van der Waals surface area contributed by atoms with E-state index in [0.29, 0.717) is 12.5 Å². The molecule has 1 saturated heterocycles. The number of ether oxygens (including phenoxy) is 1. The largest absolute Gasteiger partial charge is 0.495 e. The Bertz CT molecular complexity index is 796. The standard InChI is InChI=1S/C23H32N4O.HI/c1-4-24-23(25-15-19-9-7-8-18(2)14-19)26-16-20-12-13-27(17-20)21-10-5-6-11-22(21)28-3;/h5-11,14,20H,4,12-13,15-17H2,1-3H3,(H2,24,25,26);1H. The lowest BCUT2D eigenvalue weighted by molar-refractivity contribution is 0.414. The molecule has 0 aliphatic carbocycles. The molecule has 0 aromatic heterocycles. The summed E-state index contributed by atoms with van der Waals surface area (Å²) in [5, 5.41) is 6.89. The van der Waals surface area contributed by atoms with Gasteiger partial charge in [-0.1, -0.05) is 42.0 Å². The minimum absolute atomic E-state index is 0. The average Bonchev–Trinajstić information content (AvgIpc) is 3.19. The van der Waals surface area contributed by atoms with Crippen molar-refractivity contribution in [3.63, 3.8) is 0 Å². The molecule has 0 radical (unpaired) electrons. The van der Waals surface area contributed by atoms with E-state index in [4.69, 9.17) is 9.73 Å². The Kier molecular flexibility index (Phi) is 9.57. The lowest BCUT2D eigenvalue weighted by atomic mass is 10.1. The fraction of sp³-hybridized carbons (Fsp3) is 0.435. The van der Waals surface area contributed by atoms with E-state index in [2.05, 4.69) is 65.8 Å². The Morgan fingerprint density at radius 1 is 1.17 bits per heavy atom. The van der Waals surface area contributed by atoms with Gasteiger partial charge in [-0.05, 0) is 43.9 Å². The van der Waals surface area contributed by atoms with E-state index in [1.54, 1.807) is 7.11 Å². The maximum atomic E-state index is 5.52. The van der Waals surface area contributed by atoms with Crippen molar-refractivity contribution in [3.8, 4) is 5.75 Å². The topological polar surface area (TPSA) is 48.9 Å². The van der Waals surface area contributed by atoms with E-state index in [-0.39, 0.29) is 24.0 Å². The van der Waals surface area contributed by atoms with Crippen LogP contribution >= 0.6 is 24.0 Å². The van der Waals surface area contributed by atoms with Crippen molar-refractivity contribution in [3.05, 3.63) is 59.7 Å². The molecule has 5 nitrogen and oxygen atoms in total. The van der Waals surface area contributed by atoms with Gasteiger partial charge in [0.25, 0.3) is 0 Å². The zero-order chi connectivity index (χ0) is 19.8. The Hall–Kier alpha value is -1.96. The van der Waals surface area contributed by atoms with Crippen LogP contribution in [-0.2, 0) is 6.54 Å². The smallest absolute Gasteiger partial charge is 0.191 e. The summed E-state index contributed by atoms with van der Waals surface area (Å²) >= 11 is 0. The first kappa shape index (κ1) is 23.3. The molecule has 1 atom stereocenters. The van der Waals surface area contributed by atoms with Gasteiger partial charge in [-0.25, -0.2) is 4.99 Å². The number of halogens is 1. The molecule has 0 spiro atoms. The van der Waals surface area contributed by atoms with Gasteiger partial charge >= 0.3 is 0 Å². The van der Waals surface area contributed by atoms with Gasteiger partial charge in [-0.15, -0.1) is 24.0 Å². The second-order valence-electron chi connectivity index (χ2n) is 7.34. The van der Waals surface area contributed by atoms with Gasteiger partial charge in [-0.2, -0.15) is 0 Å². The molecule has 0 saturated carbocycles. The van der Waals surface area contributed by atoms with E-state index in [1.165, 1.54) is 23.2 Å². The van der Waals surface area contributed by atoms with Crippen LogP contribution in [0.25, 0.3) is 0 Å². The van der Waals surface area contributed by atoms with Gasteiger partial charge in [0.15, 0.2) is 5.96 Å². The monoisotopic (exact) mass is 508 g/mol. The molecule has 1 heterocycles. The van der Waals surface area contributed by atoms with E-state index in [9.17, 15) is 0 Å². The summed E-state index contributed by atoms with van der Waals surface area (Å²) < 4.78 is 5.52. The number of anilines is 1. The van der Waals surface area contributed by atoms with Crippen LogP contribution in [0.15, 0.2) is 53.5 Å². The summed E-state index contributed by atoms with van der Waals surface area (Å²) in [7, 11) is 1.74. The molecule has 1 fully saturated rings. The maximum Gasteiger partial charge on any atom is 0.191 e. The second kappa shape index (κ2) is 11.9. The summed E-state index contributed by atoms with van der Waals surface area (Å²) in [6.45, 7) is 8.78. The highest BCUT2D eigenvalue weighted by Gasteiger charge is 2.24. The van der Waals surface area contributed by atoms with Crippen molar-refractivity contribution >= 4 is 35.6 Å². The van der Waals surface area contributed by atoms with Crippen LogP contribution in [0.3, 0.4) is 0 Å². The third kappa shape index (κ3) is 6.80. The first-order valence-electron chi connectivity index (χ1n) is 10.1. The van der Waals surface area contributed by atoms with Crippen LogP contribution in [0.2, 0.25) is 0 Å². The predicted octanol–water partition coefficient (Wildman–Crippen LogP) is 4.20. The number of aryl methyl sites for hydroxylation is 1. The van der Waals surface area contributed by atoms with Gasteiger partial charge in [0.05, 0.1) is 19.3 Å². The predicted molar refractivity (Wildman–Crippen MR) is 133 cm³/mol. The summed E-state index contributed by atoms with van der Waals surface area (Å²) in [6, 6.07) is 16.8. The molecule has 2 N–H and O–H groups in total. The Labute approximate surface area is 192 Å². The van der Waals surface area contributed by atoms with Crippen molar-refractivity contribution in [1.29, 1.82) is 0 Å². The van der Waals surface area contributed by atoms with Crippen molar-refractivity contribution in [1.82, 2.24) is 10.6 Å². The highest BCUT2D eigenvalue weighted by Crippen LogP contribution is 2.31. The summed E-state index contributed by atoms with van der Waals surface area (Å²) in [4.78, 5) is 7.17. The minimum atomic E-state index is 0. The molecule has 1 unspecified atom stereocenters. The van der Waals surface area contributed by atoms with Crippen molar-refractivity contribution in [2.45, 2.75) is 26.8 Å². The Balaban J connectivity index is 0.00000300. The fourth-order valence-electron chi connectivity index (χ4n) is 3.67. The number of nitrogens with zero attached hydrogens (tertiary/aromatic N) is 2. The normalized spacial score (nSPS) is 16.3. The molecule has 0 bridgehead atoms. The summed E-state index contributed by atoms with van der Waals surface area (Å²) in [5.41, 5.74) is 3.70. The highest BCUT2D eigenvalue weighted by molar-refractivity contribution is 14.0. The molecular formula is C23H33IN4O. The van der Waals surface area contributed by atoms with Crippen molar-refractivity contribution < 1.29 is 4.74 Å². The maximum absolute atomic E-state index is 5.52. The number of hydrogen-bond donors (Lipinski definition) is 2. The molecule has 3 rings (SSSR count). The van der Waals surface area contributed by atoms with Gasteiger partial charge in [-0.3, -0.25) is 0 Å². The van der Waals surface area contributed by atoms with Crippen LogP contribution in [0, 0.1) is 12.8 Å². The molecule has 2 aromatic rings. The Morgan fingerprint density at radius 3 is 2.76 bits per heavy atom.